The first kappa shape index (κ1) is 17.0. The minimum Gasteiger partial charge on any atom is -0.315 e. The molecule has 1 aliphatic heterocycles. The Hall–Kier alpha value is -0.380. The van der Waals surface area contributed by atoms with Crippen LogP contribution in [0.1, 0.15) is 45.1 Å². The lowest BCUT2D eigenvalue weighted by Crippen LogP contribution is -2.60. The van der Waals surface area contributed by atoms with Crippen molar-refractivity contribution in [3.8, 4) is 0 Å². The highest BCUT2D eigenvalue weighted by Crippen LogP contribution is 2.33. The summed E-state index contributed by atoms with van der Waals surface area (Å²) in [6, 6.07) is 9.30. The molecule has 1 fully saturated rings. The number of hydrogen-bond donors (Lipinski definition) is 1. The van der Waals surface area contributed by atoms with Gasteiger partial charge in [0.15, 0.2) is 0 Å². The van der Waals surface area contributed by atoms with Gasteiger partial charge in [-0.25, -0.2) is 0 Å². The zero-order valence-electron chi connectivity index (χ0n) is 13.7. The van der Waals surface area contributed by atoms with Crippen LogP contribution in [-0.2, 0) is 6.42 Å². The van der Waals surface area contributed by atoms with Gasteiger partial charge in [0.05, 0.1) is 0 Å². The van der Waals surface area contributed by atoms with E-state index >= 15 is 0 Å². The lowest BCUT2D eigenvalue weighted by atomic mass is 9.80. The predicted molar refractivity (Wildman–Crippen MR) is 94.8 cm³/mol. The number of likely N-dealkylation sites (N-methyl/N-ethyl adjacent to an activating group) is 1. The second kappa shape index (κ2) is 7.75. The maximum Gasteiger partial charge on any atom is 0.0360 e. The van der Waals surface area contributed by atoms with Gasteiger partial charge < -0.3 is 5.32 Å². The Morgan fingerprint density at radius 1 is 1.14 bits per heavy atom. The summed E-state index contributed by atoms with van der Waals surface area (Å²) >= 11 is 3.53. The van der Waals surface area contributed by atoms with E-state index in [1.54, 1.807) is 0 Å². The molecular weight excluding hydrogens is 324 g/mol. The van der Waals surface area contributed by atoms with Crippen molar-refractivity contribution in [1.82, 2.24) is 10.2 Å². The first-order valence-electron chi connectivity index (χ1n) is 8.33. The maximum absolute atomic E-state index is 3.63. The molecule has 0 bridgehead atoms. The van der Waals surface area contributed by atoms with Gasteiger partial charge in [0, 0.05) is 16.1 Å². The fourth-order valence-corrected chi connectivity index (χ4v) is 4.25. The summed E-state index contributed by atoms with van der Waals surface area (Å²) in [6.07, 6.45) is 6.24. The predicted octanol–water partition coefficient (Wildman–Crippen LogP) is 4.23. The third kappa shape index (κ3) is 3.69. The lowest BCUT2D eigenvalue weighted by Gasteiger charge is -2.47. The molecule has 1 aromatic rings. The zero-order valence-corrected chi connectivity index (χ0v) is 15.2. The Morgan fingerprint density at radius 3 is 2.19 bits per heavy atom. The Kier molecular flexibility index (Phi) is 6.27. The monoisotopic (exact) mass is 352 g/mol. The van der Waals surface area contributed by atoms with Gasteiger partial charge in [-0.2, -0.15) is 0 Å². The molecule has 0 spiro atoms. The second-order valence-electron chi connectivity index (χ2n) is 6.18. The Bertz CT molecular complexity index is 419. The van der Waals surface area contributed by atoms with Crippen molar-refractivity contribution in [3.63, 3.8) is 0 Å². The molecule has 1 atom stereocenters. The first-order valence-corrected chi connectivity index (χ1v) is 9.12. The number of nitrogens with zero attached hydrogens (tertiary/aromatic N) is 1. The van der Waals surface area contributed by atoms with E-state index in [0.29, 0.717) is 11.6 Å². The molecule has 1 N–H and O–H groups in total. The lowest BCUT2D eigenvalue weighted by molar-refractivity contribution is 0.0650. The van der Waals surface area contributed by atoms with Crippen LogP contribution < -0.4 is 5.32 Å². The topological polar surface area (TPSA) is 15.3 Å². The van der Waals surface area contributed by atoms with Crippen molar-refractivity contribution in [2.24, 2.45) is 0 Å². The zero-order chi connectivity index (χ0) is 15.3. The van der Waals surface area contributed by atoms with E-state index in [9.17, 15) is 0 Å². The van der Waals surface area contributed by atoms with E-state index in [0.717, 1.165) is 10.9 Å². The largest absolute Gasteiger partial charge is 0.315 e. The van der Waals surface area contributed by atoms with Gasteiger partial charge in [-0.15, -0.1) is 0 Å². The number of benzene rings is 1. The smallest absolute Gasteiger partial charge is 0.0360 e. The van der Waals surface area contributed by atoms with Gasteiger partial charge in [-0.1, -0.05) is 41.9 Å². The minimum absolute atomic E-state index is 0.290. The van der Waals surface area contributed by atoms with Gasteiger partial charge in [0.1, 0.15) is 0 Å². The second-order valence-corrected chi connectivity index (χ2v) is 7.09. The van der Waals surface area contributed by atoms with Crippen LogP contribution in [0, 0.1) is 0 Å². The van der Waals surface area contributed by atoms with Gasteiger partial charge in [0.25, 0.3) is 0 Å². The normalized spacial score (nSPS) is 18.1. The molecule has 1 unspecified atom stereocenters. The molecule has 0 radical (unpaired) electrons. The number of nitrogens with one attached hydrogen (secondary N) is 1. The van der Waals surface area contributed by atoms with Crippen LogP contribution in [0.3, 0.4) is 0 Å². The van der Waals surface area contributed by atoms with Crippen LogP contribution in [0.15, 0.2) is 28.7 Å². The van der Waals surface area contributed by atoms with Crippen molar-refractivity contribution >= 4 is 15.9 Å². The van der Waals surface area contributed by atoms with Gasteiger partial charge in [-0.05, 0) is 69.9 Å². The molecule has 0 amide bonds. The molecule has 0 aliphatic carbocycles. The molecule has 3 heteroatoms. The van der Waals surface area contributed by atoms with E-state index in [4.69, 9.17) is 0 Å². The van der Waals surface area contributed by atoms with Crippen LogP contribution in [0.2, 0.25) is 0 Å². The molecule has 1 aromatic carbocycles. The van der Waals surface area contributed by atoms with E-state index in [2.05, 4.69) is 71.3 Å². The fraction of sp³-hybridized carbons (Fsp3) is 0.667. The summed E-state index contributed by atoms with van der Waals surface area (Å²) < 4.78 is 1.16. The summed E-state index contributed by atoms with van der Waals surface area (Å²) in [7, 11) is 2.12. The van der Waals surface area contributed by atoms with Crippen LogP contribution in [0.5, 0.6) is 0 Å². The van der Waals surface area contributed by atoms with Crippen molar-refractivity contribution < 1.29 is 0 Å². The summed E-state index contributed by atoms with van der Waals surface area (Å²) in [5.74, 6) is 0. The van der Waals surface area contributed by atoms with Crippen molar-refractivity contribution in [2.45, 2.75) is 57.5 Å². The van der Waals surface area contributed by atoms with E-state index < -0.39 is 0 Å². The molecular formula is C18H29BrN2. The highest BCUT2D eigenvalue weighted by atomic mass is 79.9. The minimum atomic E-state index is 0.290. The van der Waals surface area contributed by atoms with E-state index in [-0.39, 0.29) is 0 Å². The highest BCUT2D eigenvalue weighted by Gasteiger charge is 2.41. The molecule has 2 nitrogen and oxygen atoms in total. The van der Waals surface area contributed by atoms with Crippen molar-refractivity contribution in [1.29, 1.82) is 0 Å². The average molecular weight is 353 g/mol. The summed E-state index contributed by atoms with van der Waals surface area (Å²) in [4.78, 5) is 2.74. The SMILES string of the molecule is CCC(CC)(C(Cc1ccc(Br)cc1)NC)N1CCCC1. The van der Waals surface area contributed by atoms with Crippen LogP contribution >= 0.6 is 15.9 Å². The summed E-state index contributed by atoms with van der Waals surface area (Å²) in [5.41, 5.74) is 1.71. The first-order chi connectivity index (χ1) is 10.2. The molecule has 1 saturated heterocycles. The molecule has 21 heavy (non-hydrogen) atoms. The summed E-state index contributed by atoms with van der Waals surface area (Å²) in [6.45, 7) is 7.24. The molecule has 2 rings (SSSR count). The standard InChI is InChI=1S/C18H29BrN2/c1-4-18(5-2,21-12-6-7-13-21)17(20-3)14-15-8-10-16(19)11-9-15/h8-11,17,20H,4-7,12-14H2,1-3H3. The number of halogens is 1. The maximum atomic E-state index is 3.63. The third-order valence-electron chi connectivity index (χ3n) is 5.31. The molecule has 0 saturated carbocycles. The summed E-state index contributed by atoms with van der Waals surface area (Å²) in [5, 5.41) is 3.63. The van der Waals surface area contributed by atoms with E-state index in [1.807, 2.05) is 0 Å². The van der Waals surface area contributed by atoms with Crippen molar-refractivity contribution in [3.05, 3.63) is 34.3 Å². The average Bonchev–Trinajstić information content (AvgIpc) is 3.04. The van der Waals surface area contributed by atoms with Gasteiger partial charge >= 0.3 is 0 Å². The Morgan fingerprint density at radius 2 is 1.71 bits per heavy atom. The van der Waals surface area contributed by atoms with Crippen LogP contribution in [0.4, 0.5) is 0 Å². The molecule has 0 aromatic heterocycles. The number of rotatable bonds is 7. The van der Waals surface area contributed by atoms with Gasteiger partial charge in [-0.3, -0.25) is 4.90 Å². The Labute approximate surface area is 138 Å². The van der Waals surface area contributed by atoms with Crippen LogP contribution in [0.25, 0.3) is 0 Å². The fourth-order valence-electron chi connectivity index (χ4n) is 3.99. The number of hydrogen-bond acceptors (Lipinski definition) is 2. The van der Waals surface area contributed by atoms with Gasteiger partial charge in [0.2, 0.25) is 0 Å². The number of likely N-dealkylation sites (tertiary alicyclic amines) is 1. The molecule has 1 heterocycles. The quantitative estimate of drug-likeness (QED) is 0.789. The Balaban J connectivity index is 2.20. The highest BCUT2D eigenvalue weighted by molar-refractivity contribution is 9.10. The third-order valence-corrected chi connectivity index (χ3v) is 5.84. The van der Waals surface area contributed by atoms with E-state index in [1.165, 1.54) is 44.3 Å². The van der Waals surface area contributed by atoms with Crippen LogP contribution in [-0.4, -0.2) is 36.6 Å². The molecule has 118 valence electrons. The molecule has 1 aliphatic rings. The van der Waals surface area contributed by atoms with Crippen molar-refractivity contribution in [2.75, 3.05) is 20.1 Å².